The van der Waals surface area contributed by atoms with Gasteiger partial charge < -0.3 is 20.5 Å². The Morgan fingerprint density at radius 3 is 2.54 bits per heavy atom. The van der Waals surface area contributed by atoms with Crippen LogP contribution < -0.4 is 15.4 Å². The summed E-state index contributed by atoms with van der Waals surface area (Å²) in [5.41, 5.74) is 0.937. The highest BCUT2D eigenvalue weighted by molar-refractivity contribution is 5.89. The number of amides is 2. The van der Waals surface area contributed by atoms with Crippen molar-refractivity contribution < 1.29 is 27.8 Å². The number of ether oxygens (including phenoxy) is 1. The van der Waals surface area contributed by atoms with Crippen molar-refractivity contribution in [1.82, 2.24) is 5.32 Å². The molecule has 136 valence electrons. The van der Waals surface area contributed by atoms with Crippen LogP contribution in [-0.2, 0) is 0 Å². The van der Waals surface area contributed by atoms with Gasteiger partial charge in [0.05, 0.1) is 6.10 Å². The lowest BCUT2D eigenvalue weighted by Gasteiger charge is -2.15. The highest BCUT2D eigenvalue weighted by atomic mass is 19.4. The summed E-state index contributed by atoms with van der Waals surface area (Å²) in [5.74, 6) is 0.236. The summed E-state index contributed by atoms with van der Waals surface area (Å²) >= 11 is 0. The van der Waals surface area contributed by atoms with Gasteiger partial charge in [-0.3, -0.25) is 0 Å². The zero-order chi connectivity index (χ0) is 18.3. The van der Waals surface area contributed by atoms with Crippen LogP contribution >= 0.6 is 0 Å². The fraction of sp³-hybridized carbons (Fsp3) is 0.562. The second kappa shape index (κ2) is 8.77. The average molecular weight is 348 g/mol. The number of rotatable bonds is 7. The normalized spacial score (nSPS) is 14.0. The molecule has 2 amide bonds. The van der Waals surface area contributed by atoms with Gasteiger partial charge in [-0.15, -0.1) is 0 Å². The summed E-state index contributed by atoms with van der Waals surface area (Å²) < 4.78 is 41.1. The SMILES string of the molecule is Cc1cc(NC(=O)NCC(C)CC(C)O)ccc1OCC(F)(F)F. The summed E-state index contributed by atoms with van der Waals surface area (Å²) in [6.45, 7) is 4.23. The first kappa shape index (κ1) is 20.1. The van der Waals surface area contributed by atoms with Crippen molar-refractivity contribution in [2.24, 2.45) is 5.92 Å². The van der Waals surface area contributed by atoms with Crippen LogP contribution in [0.5, 0.6) is 5.75 Å². The van der Waals surface area contributed by atoms with E-state index in [1.54, 1.807) is 13.8 Å². The molecule has 2 atom stereocenters. The van der Waals surface area contributed by atoms with Gasteiger partial charge >= 0.3 is 12.2 Å². The molecule has 0 aliphatic carbocycles. The van der Waals surface area contributed by atoms with Gasteiger partial charge in [-0.05, 0) is 49.9 Å². The molecule has 0 heterocycles. The quantitative estimate of drug-likeness (QED) is 0.707. The van der Waals surface area contributed by atoms with Crippen LogP contribution in [-0.4, -0.2) is 36.6 Å². The van der Waals surface area contributed by atoms with E-state index >= 15 is 0 Å². The molecule has 0 saturated heterocycles. The smallest absolute Gasteiger partial charge is 0.422 e. The largest absolute Gasteiger partial charge is 0.484 e. The third kappa shape index (κ3) is 8.05. The van der Waals surface area contributed by atoms with Crippen molar-refractivity contribution >= 4 is 11.7 Å². The Balaban J connectivity index is 2.50. The zero-order valence-electron chi connectivity index (χ0n) is 13.9. The summed E-state index contributed by atoms with van der Waals surface area (Å²) in [5, 5.41) is 14.5. The summed E-state index contributed by atoms with van der Waals surface area (Å²) in [6.07, 6.45) is -4.26. The Morgan fingerprint density at radius 2 is 2.00 bits per heavy atom. The van der Waals surface area contributed by atoms with E-state index < -0.39 is 24.9 Å². The number of hydrogen-bond donors (Lipinski definition) is 3. The number of urea groups is 1. The lowest BCUT2D eigenvalue weighted by Crippen LogP contribution is -2.33. The number of carbonyl (C=O) groups is 1. The number of nitrogens with one attached hydrogen (secondary N) is 2. The van der Waals surface area contributed by atoms with Crippen molar-refractivity contribution in [1.29, 1.82) is 0 Å². The monoisotopic (exact) mass is 348 g/mol. The summed E-state index contributed by atoms with van der Waals surface area (Å²) in [7, 11) is 0. The van der Waals surface area contributed by atoms with Crippen LogP contribution in [0.15, 0.2) is 18.2 Å². The number of carbonyl (C=O) groups excluding carboxylic acids is 1. The van der Waals surface area contributed by atoms with Crippen LogP contribution in [0.3, 0.4) is 0 Å². The Morgan fingerprint density at radius 1 is 1.33 bits per heavy atom. The number of aryl methyl sites for hydroxylation is 1. The van der Waals surface area contributed by atoms with Crippen LogP contribution in [0, 0.1) is 12.8 Å². The highest BCUT2D eigenvalue weighted by Crippen LogP contribution is 2.24. The summed E-state index contributed by atoms with van der Waals surface area (Å²) in [6, 6.07) is 3.96. The number of hydrogen-bond acceptors (Lipinski definition) is 3. The molecule has 0 aliphatic heterocycles. The molecule has 0 aromatic heterocycles. The molecule has 2 unspecified atom stereocenters. The van der Waals surface area contributed by atoms with Gasteiger partial charge in [-0.1, -0.05) is 6.92 Å². The molecule has 0 bridgehead atoms. The Hall–Kier alpha value is -1.96. The molecule has 1 rings (SSSR count). The van der Waals surface area contributed by atoms with Crippen LogP contribution in [0.4, 0.5) is 23.7 Å². The minimum absolute atomic E-state index is 0.115. The third-order valence-corrected chi connectivity index (χ3v) is 3.18. The molecular formula is C16H23F3N2O3. The Kier molecular flexibility index (Phi) is 7.34. The van der Waals surface area contributed by atoms with Gasteiger partial charge in [0.2, 0.25) is 0 Å². The molecule has 0 aliphatic rings. The van der Waals surface area contributed by atoms with E-state index in [0.29, 0.717) is 24.2 Å². The average Bonchev–Trinajstić information content (AvgIpc) is 2.42. The van der Waals surface area contributed by atoms with E-state index in [-0.39, 0.29) is 11.7 Å². The molecule has 0 spiro atoms. The molecule has 1 aromatic rings. The minimum Gasteiger partial charge on any atom is -0.484 e. The van der Waals surface area contributed by atoms with Crippen molar-refractivity contribution in [2.75, 3.05) is 18.5 Å². The number of benzene rings is 1. The maximum Gasteiger partial charge on any atom is 0.422 e. The molecule has 1 aromatic carbocycles. The number of aliphatic hydroxyl groups excluding tert-OH is 1. The predicted octanol–water partition coefficient (Wildman–Crippen LogP) is 3.46. The lowest BCUT2D eigenvalue weighted by atomic mass is 10.1. The molecule has 3 N–H and O–H groups in total. The molecule has 0 radical (unpaired) electrons. The van der Waals surface area contributed by atoms with Gasteiger partial charge in [-0.2, -0.15) is 13.2 Å². The second-order valence-corrected chi connectivity index (χ2v) is 5.91. The first-order chi connectivity index (χ1) is 11.1. The fourth-order valence-corrected chi connectivity index (χ4v) is 2.16. The fourth-order valence-electron chi connectivity index (χ4n) is 2.16. The van der Waals surface area contributed by atoms with Crippen LogP contribution in [0.2, 0.25) is 0 Å². The predicted molar refractivity (Wildman–Crippen MR) is 85.2 cm³/mol. The second-order valence-electron chi connectivity index (χ2n) is 5.91. The number of alkyl halides is 3. The first-order valence-corrected chi connectivity index (χ1v) is 7.60. The van der Waals surface area contributed by atoms with E-state index in [1.165, 1.54) is 18.2 Å². The molecule has 0 fully saturated rings. The first-order valence-electron chi connectivity index (χ1n) is 7.60. The molecule has 5 nitrogen and oxygen atoms in total. The Bertz CT molecular complexity index is 548. The minimum atomic E-state index is -4.40. The topological polar surface area (TPSA) is 70.6 Å². The van der Waals surface area contributed by atoms with E-state index in [9.17, 15) is 23.1 Å². The van der Waals surface area contributed by atoms with E-state index in [2.05, 4.69) is 10.6 Å². The van der Waals surface area contributed by atoms with Crippen molar-refractivity contribution in [3.05, 3.63) is 23.8 Å². The van der Waals surface area contributed by atoms with Crippen LogP contribution in [0.25, 0.3) is 0 Å². The molecule has 0 saturated carbocycles. The molecular weight excluding hydrogens is 325 g/mol. The van der Waals surface area contributed by atoms with E-state index in [0.717, 1.165) is 0 Å². The highest BCUT2D eigenvalue weighted by Gasteiger charge is 2.28. The van der Waals surface area contributed by atoms with Crippen molar-refractivity contribution in [2.45, 2.75) is 39.5 Å². The van der Waals surface area contributed by atoms with Crippen molar-refractivity contribution in [3.8, 4) is 5.75 Å². The number of aliphatic hydroxyl groups is 1. The van der Waals surface area contributed by atoms with E-state index in [1.807, 2.05) is 6.92 Å². The number of halogens is 3. The van der Waals surface area contributed by atoms with Gasteiger partial charge in [-0.25, -0.2) is 4.79 Å². The maximum atomic E-state index is 12.1. The third-order valence-electron chi connectivity index (χ3n) is 3.18. The van der Waals surface area contributed by atoms with Gasteiger partial charge in [0.1, 0.15) is 5.75 Å². The maximum absolute atomic E-state index is 12.1. The van der Waals surface area contributed by atoms with Crippen molar-refractivity contribution in [3.63, 3.8) is 0 Å². The van der Waals surface area contributed by atoms with Gasteiger partial charge in [0.25, 0.3) is 0 Å². The zero-order valence-corrected chi connectivity index (χ0v) is 13.9. The van der Waals surface area contributed by atoms with Gasteiger partial charge in [0.15, 0.2) is 6.61 Å². The lowest BCUT2D eigenvalue weighted by molar-refractivity contribution is -0.153. The van der Waals surface area contributed by atoms with Crippen LogP contribution in [0.1, 0.15) is 25.8 Å². The Labute approximate surface area is 139 Å². The summed E-state index contributed by atoms with van der Waals surface area (Å²) in [4.78, 5) is 11.8. The van der Waals surface area contributed by atoms with Gasteiger partial charge in [0, 0.05) is 12.2 Å². The van der Waals surface area contributed by atoms with E-state index in [4.69, 9.17) is 4.74 Å². The number of anilines is 1. The molecule has 24 heavy (non-hydrogen) atoms. The molecule has 8 heteroatoms. The standard InChI is InChI=1S/C16H23F3N2O3/c1-10(6-12(3)22)8-20-15(23)21-13-4-5-14(11(2)7-13)24-9-16(17,18)19/h4-5,7,10,12,22H,6,8-9H2,1-3H3,(H2,20,21,23).